The number of carboxylic acid groups (broad SMARTS) is 2. The molecule has 0 aromatic heterocycles. The molecular formula is C23H27ClN2O6. The molecule has 0 unspecified atom stereocenters. The van der Waals surface area contributed by atoms with Crippen LogP contribution in [0.1, 0.15) is 20.3 Å². The zero-order valence-corrected chi connectivity index (χ0v) is 18.7. The molecule has 0 saturated heterocycles. The lowest BCUT2D eigenvalue weighted by atomic mass is 10.2. The van der Waals surface area contributed by atoms with Crippen LogP contribution in [0.4, 0.5) is 11.4 Å². The fourth-order valence-electron chi connectivity index (χ4n) is 2.92. The first-order chi connectivity index (χ1) is 15.3. The van der Waals surface area contributed by atoms with Crippen LogP contribution < -0.4 is 19.7 Å². The van der Waals surface area contributed by atoms with E-state index in [-0.39, 0.29) is 6.79 Å². The molecule has 1 heterocycles. The van der Waals surface area contributed by atoms with Gasteiger partial charge in [-0.2, -0.15) is 0 Å². The van der Waals surface area contributed by atoms with Crippen LogP contribution in [0.25, 0.3) is 0 Å². The number of aliphatic carboxylic acids is 2. The Morgan fingerprint density at radius 1 is 1.06 bits per heavy atom. The minimum atomic E-state index is -1.26. The standard InChI is InChI=1S/C19H23ClN2O2.C4H4O4/c1-14(2)21-10-5-11-22-16-6-3-4-7-18(16)23-13-24-19-9-8-15(20)12-17(19)22;5-3(6)1-2-4(7)8/h3-4,6-9,12,14,21H,5,10-11,13H2,1-2H3;1-2H,(H,5,6)(H,7,8). The molecule has 0 bridgehead atoms. The van der Waals surface area contributed by atoms with E-state index in [0.29, 0.717) is 23.2 Å². The number of halogens is 1. The first-order valence-corrected chi connectivity index (χ1v) is 10.4. The van der Waals surface area contributed by atoms with Crippen molar-refractivity contribution in [2.45, 2.75) is 26.3 Å². The minimum absolute atomic E-state index is 0.189. The van der Waals surface area contributed by atoms with Crippen molar-refractivity contribution in [2.24, 2.45) is 0 Å². The monoisotopic (exact) mass is 462 g/mol. The van der Waals surface area contributed by atoms with Gasteiger partial charge in [0.25, 0.3) is 0 Å². The van der Waals surface area contributed by atoms with Crippen LogP contribution in [0.15, 0.2) is 54.6 Å². The summed E-state index contributed by atoms with van der Waals surface area (Å²) in [6.07, 6.45) is 2.11. The molecule has 1 aliphatic heterocycles. The molecule has 0 aliphatic carbocycles. The molecule has 3 rings (SSSR count). The third-order valence-corrected chi connectivity index (χ3v) is 4.51. The number of carbonyl (C=O) groups is 2. The summed E-state index contributed by atoms with van der Waals surface area (Å²) in [6.45, 7) is 6.30. The van der Waals surface area contributed by atoms with E-state index in [1.54, 1.807) is 0 Å². The van der Waals surface area contributed by atoms with Gasteiger partial charge in [-0.25, -0.2) is 9.59 Å². The van der Waals surface area contributed by atoms with Gasteiger partial charge in [0.15, 0.2) is 0 Å². The van der Waals surface area contributed by atoms with Crippen molar-refractivity contribution in [3.05, 3.63) is 59.6 Å². The Morgan fingerprint density at radius 2 is 1.69 bits per heavy atom. The summed E-state index contributed by atoms with van der Waals surface area (Å²) in [5, 5.41) is 19.8. The Labute approximate surface area is 192 Å². The van der Waals surface area contributed by atoms with Crippen molar-refractivity contribution in [1.29, 1.82) is 0 Å². The van der Waals surface area contributed by atoms with Crippen LogP contribution in [-0.2, 0) is 9.59 Å². The number of nitrogens with zero attached hydrogens (tertiary/aromatic N) is 1. The predicted octanol–water partition coefficient (Wildman–Crippen LogP) is 4.31. The molecule has 0 atom stereocenters. The lowest BCUT2D eigenvalue weighted by Crippen LogP contribution is -2.28. The number of fused-ring (bicyclic) bond motifs is 2. The van der Waals surface area contributed by atoms with Crippen LogP contribution in [0.5, 0.6) is 11.5 Å². The molecule has 0 spiro atoms. The van der Waals surface area contributed by atoms with E-state index in [4.69, 9.17) is 31.3 Å². The molecule has 32 heavy (non-hydrogen) atoms. The summed E-state index contributed by atoms with van der Waals surface area (Å²) < 4.78 is 11.6. The first-order valence-electron chi connectivity index (χ1n) is 10.1. The van der Waals surface area contributed by atoms with E-state index in [9.17, 15) is 9.59 Å². The molecule has 0 saturated carbocycles. The second-order valence-corrected chi connectivity index (χ2v) is 7.55. The van der Waals surface area contributed by atoms with Crippen molar-refractivity contribution in [3.63, 3.8) is 0 Å². The summed E-state index contributed by atoms with van der Waals surface area (Å²) in [5.74, 6) is -0.912. The van der Waals surface area contributed by atoms with Crippen LogP contribution in [0.2, 0.25) is 5.02 Å². The molecule has 2 aromatic rings. The number of anilines is 2. The molecule has 0 fully saturated rings. The topological polar surface area (TPSA) is 108 Å². The van der Waals surface area contributed by atoms with Gasteiger partial charge in [-0.15, -0.1) is 0 Å². The van der Waals surface area contributed by atoms with E-state index >= 15 is 0 Å². The van der Waals surface area contributed by atoms with Gasteiger partial charge >= 0.3 is 11.9 Å². The second-order valence-electron chi connectivity index (χ2n) is 7.11. The number of hydrogen-bond acceptors (Lipinski definition) is 6. The highest BCUT2D eigenvalue weighted by Crippen LogP contribution is 2.41. The summed E-state index contributed by atoms with van der Waals surface area (Å²) in [7, 11) is 0. The van der Waals surface area contributed by atoms with Crippen molar-refractivity contribution in [1.82, 2.24) is 5.32 Å². The summed E-state index contributed by atoms with van der Waals surface area (Å²) in [6, 6.07) is 14.2. The largest absolute Gasteiger partial charge is 0.478 e. The van der Waals surface area contributed by atoms with Gasteiger partial charge in [0.05, 0.1) is 11.4 Å². The molecule has 172 valence electrons. The summed E-state index contributed by atoms with van der Waals surface area (Å²) >= 11 is 6.24. The Balaban J connectivity index is 0.000000390. The maximum atomic E-state index is 9.55. The van der Waals surface area contributed by atoms with E-state index in [1.807, 2.05) is 36.4 Å². The highest BCUT2D eigenvalue weighted by Gasteiger charge is 2.21. The SMILES string of the molecule is CC(C)NCCCN1c2ccccc2OCOc2ccc(Cl)cc21.O=C(O)C=CC(=O)O. The van der Waals surface area contributed by atoms with Gasteiger partial charge in [-0.05, 0) is 43.3 Å². The maximum absolute atomic E-state index is 9.55. The van der Waals surface area contributed by atoms with Crippen molar-refractivity contribution in [3.8, 4) is 11.5 Å². The smallest absolute Gasteiger partial charge is 0.328 e. The summed E-state index contributed by atoms with van der Waals surface area (Å²) in [4.78, 5) is 21.3. The minimum Gasteiger partial charge on any atom is -0.478 e. The van der Waals surface area contributed by atoms with Crippen molar-refractivity contribution in [2.75, 3.05) is 24.8 Å². The fourth-order valence-corrected chi connectivity index (χ4v) is 3.09. The number of ether oxygens (including phenoxy) is 2. The lowest BCUT2D eigenvalue weighted by molar-refractivity contribution is -0.134. The number of rotatable bonds is 7. The Morgan fingerprint density at radius 3 is 2.31 bits per heavy atom. The van der Waals surface area contributed by atoms with E-state index in [2.05, 4.69) is 30.1 Å². The Hall–Kier alpha value is -3.23. The molecule has 3 N–H and O–H groups in total. The van der Waals surface area contributed by atoms with Crippen LogP contribution in [0, 0.1) is 0 Å². The zero-order valence-electron chi connectivity index (χ0n) is 18.0. The maximum Gasteiger partial charge on any atom is 0.328 e. The van der Waals surface area contributed by atoms with Gasteiger partial charge in [-0.3, -0.25) is 0 Å². The quantitative estimate of drug-likeness (QED) is 0.412. The Kier molecular flexibility index (Phi) is 9.84. The molecule has 2 aromatic carbocycles. The number of carboxylic acids is 2. The Bertz CT molecular complexity index is 932. The van der Waals surface area contributed by atoms with E-state index in [1.165, 1.54) is 0 Å². The number of para-hydroxylation sites is 2. The molecule has 0 amide bonds. The summed E-state index contributed by atoms with van der Waals surface area (Å²) in [5.41, 5.74) is 2.01. The van der Waals surface area contributed by atoms with Crippen LogP contribution in [-0.4, -0.2) is 48.1 Å². The van der Waals surface area contributed by atoms with Crippen molar-refractivity contribution >= 4 is 34.9 Å². The third kappa shape index (κ3) is 8.13. The van der Waals surface area contributed by atoms with Gasteiger partial charge in [0.1, 0.15) is 11.5 Å². The highest BCUT2D eigenvalue weighted by atomic mass is 35.5. The normalized spacial score (nSPS) is 12.4. The highest BCUT2D eigenvalue weighted by molar-refractivity contribution is 6.31. The molecule has 9 heteroatoms. The molecular weight excluding hydrogens is 436 g/mol. The van der Waals surface area contributed by atoms with Gasteiger partial charge in [-0.1, -0.05) is 37.6 Å². The predicted molar refractivity (Wildman–Crippen MR) is 123 cm³/mol. The van der Waals surface area contributed by atoms with Gasteiger partial charge in [0.2, 0.25) is 6.79 Å². The van der Waals surface area contributed by atoms with Gasteiger partial charge < -0.3 is 29.9 Å². The fraction of sp³-hybridized carbons (Fsp3) is 0.304. The molecule has 1 aliphatic rings. The van der Waals surface area contributed by atoms with Crippen LogP contribution in [0.3, 0.4) is 0 Å². The van der Waals surface area contributed by atoms with Crippen molar-refractivity contribution < 1.29 is 29.3 Å². The number of nitrogens with one attached hydrogen (secondary N) is 1. The third-order valence-electron chi connectivity index (χ3n) is 4.28. The van der Waals surface area contributed by atoms with E-state index < -0.39 is 11.9 Å². The molecule has 0 radical (unpaired) electrons. The number of hydrogen-bond donors (Lipinski definition) is 3. The average molecular weight is 463 g/mol. The lowest BCUT2D eigenvalue weighted by Gasteiger charge is -2.31. The first kappa shape index (κ1) is 25.0. The van der Waals surface area contributed by atoms with Crippen LogP contribution >= 0.6 is 11.6 Å². The number of benzene rings is 2. The molecule has 8 nitrogen and oxygen atoms in total. The van der Waals surface area contributed by atoms with E-state index in [0.717, 1.165) is 42.4 Å². The zero-order chi connectivity index (χ0) is 23.5. The average Bonchev–Trinajstić information content (AvgIpc) is 2.73. The second kappa shape index (κ2) is 12.6. The van der Waals surface area contributed by atoms with Gasteiger partial charge in [0, 0.05) is 29.8 Å².